The van der Waals surface area contributed by atoms with Gasteiger partial charge in [-0.2, -0.15) is 0 Å². The van der Waals surface area contributed by atoms with E-state index in [2.05, 4.69) is 45.8 Å². The van der Waals surface area contributed by atoms with Crippen molar-refractivity contribution in [1.82, 2.24) is 24.7 Å². The number of hydrogen-bond donors (Lipinski definition) is 0. The Morgan fingerprint density at radius 1 is 1.41 bits per heavy atom. The third-order valence-corrected chi connectivity index (χ3v) is 3.84. The third-order valence-electron chi connectivity index (χ3n) is 3.84. The topological polar surface area (TPSA) is 69.0 Å². The number of rotatable bonds is 4. The van der Waals surface area contributed by atoms with Crippen molar-refractivity contribution in [2.24, 2.45) is 0 Å². The van der Waals surface area contributed by atoms with Crippen LogP contribution in [0.25, 0.3) is 0 Å². The molecule has 0 aromatic carbocycles. The summed E-state index contributed by atoms with van der Waals surface area (Å²) in [6.07, 6.45) is 3.50. The fraction of sp³-hybridized carbons (Fsp3) is 0.600. The van der Waals surface area contributed by atoms with E-state index in [-0.39, 0.29) is 6.10 Å². The number of hydrogen-bond acceptors (Lipinski definition) is 6. The van der Waals surface area contributed by atoms with Gasteiger partial charge in [-0.1, -0.05) is 13.8 Å². The molecule has 2 aromatic heterocycles. The monoisotopic (exact) mass is 302 g/mol. The van der Waals surface area contributed by atoms with Crippen molar-refractivity contribution < 1.29 is 4.74 Å². The molecule has 0 bridgehead atoms. The van der Waals surface area contributed by atoms with Crippen LogP contribution in [0.3, 0.4) is 0 Å². The van der Waals surface area contributed by atoms with Crippen LogP contribution < -0.4 is 4.90 Å². The van der Waals surface area contributed by atoms with Crippen LogP contribution in [0.4, 0.5) is 5.82 Å². The average molecular weight is 302 g/mol. The Hall–Kier alpha value is -2.02. The van der Waals surface area contributed by atoms with E-state index in [9.17, 15) is 0 Å². The van der Waals surface area contributed by atoms with E-state index in [0.717, 1.165) is 37.1 Å². The van der Waals surface area contributed by atoms with Gasteiger partial charge in [-0.05, 0) is 13.0 Å². The molecule has 0 saturated carbocycles. The fourth-order valence-corrected chi connectivity index (χ4v) is 2.59. The highest BCUT2D eigenvalue weighted by molar-refractivity contribution is 5.38. The molecule has 7 heteroatoms. The second-order valence-corrected chi connectivity index (χ2v) is 5.71. The number of aromatic nitrogens is 5. The highest BCUT2D eigenvalue weighted by Gasteiger charge is 2.26. The second-order valence-electron chi connectivity index (χ2n) is 5.71. The summed E-state index contributed by atoms with van der Waals surface area (Å²) in [4.78, 5) is 11.2. The minimum atomic E-state index is -0.0753. The van der Waals surface area contributed by atoms with Crippen LogP contribution in [0.5, 0.6) is 0 Å². The van der Waals surface area contributed by atoms with Gasteiger partial charge in [0.15, 0.2) is 5.82 Å². The highest BCUT2D eigenvalue weighted by Crippen LogP contribution is 2.24. The summed E-state index contributed by atoms with van der Waals surface area (Å²) in [5.74, 6) is 3.03. The molecule has 1 fully saturated rings. The van der Waals surface area contributed by atoms with Crippen molar-refractivity contribution in [3.8, 4) is 0 Å². The van der Waals surface area contributed by atoms with E-state index in [0.29, 0.717) is 12.5 Å². The molecule has 118 valence electrons. The first-order chi connectivity index (χ1) is 10.7. The smallest absolute Gasteiger partial charge is 0.163 e. The molecule has 0 aliphatic carbocycles. The van der Waals surface area contributed by atoms with E-state index in [4.69, 9.17) is 4.74 Å². The summed E-state index contributed by atoms with van der Waals surface area (Å²) in [6, 6.07) is 1.96. The molecule has 22 heavy (non-hydrogen) atoms. The fourth-order valence-electron chi connectivity index (χ4n) is 2.59. The maximum atomic E-state index is 5.89. The Balaban J connectivity index is 1.80. The Labute approximate surface area is 130 Å². The van der Waals surface area contributed by atoms with E-state index in [1.807, 2.05) is 16.8 Å². The molecular weight excluding hydrogens is 280 g/mol. The quantitative estimate of drug-likeness (QED) is 0.857. The normalized spacial score (nSPS) is 18.9. The van der Waals surface area contributed by atoms with Gasteiger partial charge in [0.05, 0.1) is 13.2 Å². The minimum absolute atomic E-state index is 0.0753. The molecule has 0 N–H and O–H groups in total. The Bertz CT molecular complexity index is 626. The average Bonchev–Trinajstić information content (AvgIpc) is 3.04. The number of morpholine rings is 1. The molecule has 1 atom stereocenters. The summed E-state index contributed by atoms with van der Waals surface area (Å²) in [5, 5.41) is 8.21. The molecular formula is C15H22N6O. The van der Waals surface area contributed by atoms with E-state index in [1.165, 1.54) is 0 Å². The zero-order chi connectivity index (χ0) is 15.5. The van der Waals surface area contributed by atoms with Gasteiger partial charge >= 0.3 is 0 Å². The lowest BCUT2D eigenvalue weighted by atomic mass is 10.2. The Morgan fingerprint density at radius 2 is 2.27 bits per heavy atom. The Morgan fingerprint density at radius 3 is 3.05 bits per heavy atom. The molecule has 0 spiro atoms. The minimum Gasteiger partial charge on any atom is -0.366 e. The number of nitrogens with zero attached hydrogens (tertiary/aromatic N) is 6. The molecule has 3 rings (SSSR count). The summed E-state index contributed by atoms with van der Waals surface area (Å²) in [5.41, 5.74) is 0. The van der Waals surface area contributed by atoms with Gasteiger partial charge in [0, 0.05) is 25.2 Å². The maximum Gasteiger partial charge on any atom is 0.163 e. The molecule has 7 nitrogen and oxygen atoms in total. The SMILES string of the molecule is CCn1cnnc1[C@@H]1CN(c2ccnc(C(C)C)n2)CCO1. The van der Waals surface area contributed by atoms with Crippen molar-refractivity contribution >= 4 is 5.82 Å². The first-order valence-electron chi connectivity index (χ1n) is 7.76. The highest BCUT2D eigenvalue weighted by atomic mass is 16.5. The lowest BCUT2D eigenvalue weighted by Gasteiger charge is -2.33. The van der Waals surface area contributed by atoms with Gasteiger partial charge in [0.1, 0.15) is 24.1 Å². The van der Waals surface area contributed by atoms with Gasteiger partial charge in [-0.3, -0.25) is 0 Å². The molecule has 1 aliphatic rings. The predicted octanol–water partition coefficient (Wildman–Crippen LogP) is 1.79. The molecule has 2 aromatic rings. The Kier molecular flexibility index (Phi) is 4.33. The van der Waals surface area contributed by atoms with Gasteiger partial charge in [0.2, 0.25) is 0 Å². The molecule has 1 saturated heterocycles. The van der Waals surface area contributed by atoms with Crippen LogP contribution in [0.15, 0.2) is 18.6 Å². The number of aryl methyl sites for hydroxylation is 1. The number of ether oxygens (including phenoxy) is 1. The van der Waals surface area contributed by atoms with E-state index >= 15 is 0 Å². The standard InChI is InChI=1S/C15H22N6O/c1-4-20-10-17-19-15(20)12-9-21(7-8-22-12)13-5-6-16-14(18-13)11(2)3/h5-6,10-12H,4,7-9H2,1-3H3/t12-/m0/s1. The zero-order valence-corrected chi connectivity index (χ0v) is 13.3. The summed E-state index contributed by atoms with van der Waals surface area (Å²) < 4.78 is 7.91. The summed E-state index contributed by atoms with van der Waals surface area (Å²) in [7, 11) is 0. The first-order valence-corrected chi connectivity index (χ1v) is 7.76. The molecule has 0 amide bonds. The van der Waals surface area contributed by atoms with Crippen LogP contribution in [-0.4, -0.2) is 44.4 Å². The lowest BCUT2D eigenvalue weighted by Crippen LogP contribution is -2.39. The largest absolute Gasteiger partial charge is 0.366 e. The molecule has 3 heterocycles. The lowest BCUT2D eigenvalue weighted by molar-refractivity contribution is 0.0313. The zero-order valence-electron chi connectivity index (χ0n) is 13.3. The van der Waals surface area contributed by atoms with Crippen LogP contribution in [0.1, 0.15) is 44.4 Å². The van der Waals surface area contributed by atoms with Crippen molar-refractivity contribution in [3.05, 3.63) is 30.2 Å². The molecule has 1 aliphatic heterocycles. The van der Waals surface area contributed by atoms with Crippen LogP contribution in [-0.2, 0) is 11.3 Å². The van der Waals surface area contributed by atoms with E-state index < -0.39 is 0 Å². The van der Waals surface area contributed by atoms with Crippen LogP contribution in [0.2, 0.25) is 0 Å². The van der Waals surface area contributed by atoms with Crippen LogP contribution >= 0.6 is 0 Å². The van der Waals surface area contributed by atoms with Crippen molar-refractivity contribution in [2.75, 3.05) is 24.6 Å². The molecule has 0 radical (unpaired) electrons. The van der Waals surface area contributed by atoms with Gasteiger partial charge in [-0.25, -0.2) is 9.97 Å². The van der Waals surface area contributed by atoms with Gasteiger partial charge in [0.25, 0.3) is 0 Å². The van der Waals surface area contributed by atoms with Crippen molar-refractivity contribution in [1.29, 1.82) is 0 Å². The van der Waals surface area contributed by atoms with Crippen LogP contribution in [0, 0.1) is 0 Å². The second kappa shape index (κ2) is 6.39. The van der Waals surface area contributed by atoms with E-state index in [1.54, 1.807) is 6.33 Å². The molecule has 0 unspecified atom stereocenters. The van der Waals surface area contributed by atoms with Gasteiger partial charge < -0.3 is 14.2 Å². The van der Waals surface area contributed by atoms with Gasteiger partial charge in [-0.15, -0.1) is 10.2 Å². The van der Waals surface area contributed by atoms with Crippen molar-refractivity contribution in [2.45, 2.75) is 39.3 Å². The third kappa shape index (κ3) is 2.94. The maximum absolute atomic E-state index is 5.89. The van der Waals surface area contributed by atoms with Crippen molar-refractivity contribution in [3.63, 3.8) is 0 Å². The number of anilines is 1. The summed E-state index contributed by atoms with van der Waals surface area (Å²) >= 11 is 0. The summed E-state index contributed by atoms with van der Waals surface area (Å²) in [6.45, 7) is 9.33. The predicted molar refractivity (Wildman–Crippen MR) is 82.7 cm³/mol. The first kappa shape index (κ1) is 14.9.